The Hall–Kier alpha value is -0.630. The zero-order valence-electron chi connectivity index (χ0n) is 14.9. The molecule has 1 N–H and O–H groups in total. The van der Waals surface area contributed by atoms with E-state index in [0.717, 1.165) is 19.5 Å². The molecule has 4 aliphatic heterocycles. The first-order valence-electron chi connectivity index (χ1n) is 9.63. The molecule has 0 radical (unpaired) electrons. The van der Waals surface area contributed by atoms with E-state index < -0.39 is 0 Å². The number of hydrogen-bond donors (Lipinski definition) is 1. The number of thioether (sulfide) groups is 2. The Morgan fingerprint density at radius 1 is 1.35 bits per heavy atom. The van der Waals surface area contributed by atoms with Crippen molar-refractivity contribution in [1.82, 2.24) is 10.2 Å². The zero-order valence-corrected chi connectivity index (χ0v) is 16.5. The minimum atomic E-state index is -0.0398. The average molecular weight is 395 g/mol. The van der Waals surface area contributed by atoms with E-state index in [1.54, 1.807) is 12.3 Å². The van der Waals surface area contributed by atoms with Crippen LogP contribution in [0.5, 0.6) is 0 Å². The quantitative estimate of drug-likeness (QED) is 0.846. The van der Waals surface area contributed by atoms with Crippen LogP contribution in [0.15, 0.2) is 23.0 Å². The van der Waals surface area contributed by atoms with Gasteiger partial charge in [-0.05, 0) is 18.9 Å². The summed E-state index contributed by atoms with van der Waals surface area (Å²) in [4.78, 5) is 15.0. The third-order valence-electron chi connectivity index (χ3n) is 6.60. The van der Waals surface area contributed by atoms with Crippen LogP contribution < -0.4 is 5.32 Å². The number of furan rings is 1. The summed E-state index contributed by atoms with van der Waals surface area (Å²) in [5.74, 6) is 6.03. The van der Waals surface area contributed by atoms with Crippen molar-refractivity contribution in [3.8, 4) is 0 Å². The highest BCUT2D eigenvalue weighted by atomic mass is 32.2. The van der Waals surface area contributed by atoms with Gasteiger partial charge in [-0.15, -0.1) is 0 Å². The smallest absolute Gasteiger partial charge is 0.254 e. The molecule has 0 unspecified atom stereocenters. The number of amides is 1. The molecule has 4 fully saturated rings. The summed E-state index contributed by atoms with van der Waals surface area (Å²) in [7, 11) is 0. The van der Waals surface area contributed by atoms with Crippen LogP contribution in [-0.2, 0) is 4.74 Å². The maximum absolute atomic E-state index is 12.3. The lowest BCUT2D eigenvalue weighted by atomic mass is 9.73. The second-order valence-electron chi connectivity index (χ2n) is 7.99. The highest BCUT2D eigenvalue weighted by molar-refractivity contribution is 8.03. The molecule has 4 saturated heterocycles. The van der Waals surface area contributed by atoms with Crippen molar-refractivity contribution in [2.45, 2.75) is 30.6 Å². The van der Waals surface area contributed by atoms with Gasteiger partial charge < -0.3 is 14.5 Å². The van der Waals surface area contributed by atoms with E-state index in [1.165, 1.54) is 35.7 Å². The predicted octanol–water partition coefficient (Wildman–Crippen LogP) is 2.34. The topological polar surface area (TPSA) is 54.7 Å². The number of rotatable bonds is 4. The third kappa shape index (κ3) is 3.01. The van der Waals surface area contributed by atoms with E-state index in [9.17, 15) is 4.79 Å². The zero-order chi connectivity index (χ0) is 17.6. The van der Waals surface area contributed by atoms with Gasteiger partial charge in [-0.1, -0.05) is 0 Å². The fourth-order valence-corrected chi connectivity index (χ4v) is 7.93. The van der Waals surface area contributed by atoms with Gasteiger partial charge in [-0.25, -0.2) is 0 Å². The lowest BCUT2D eigenvalue weighted by Crippen LogP contribution is -2.41. The Labute approximate surface area is 163 Å². The van der Waals surface area contributed by atoms with E-state index in [-0.39, 0.29) is 11.5 Å². The molecule has 4 atom stereocenters. The van der Waals surface area contributed by atoms with E-state index >= 15 is 0 Å². The van der Waals surface area contributed by atoms with Crippen molar-refractivity contribution in [3.05, 3.63) is 24.2 Å². The Kier molecular flexibility index (Phi) is 4.75. The lowest BCUT2D eigenvalue weighted by molar-refractivity contribution is 0.000562. The Bertz CT molecular complexity index is 647. The second kappa shape index (κ2) is 7.08. The monoisotopic (exact) mass is 394 g/mol. The molecule has 7 heteroatoms. The number of ether oxygens (including phenoxy) is 1. The highest BCUT2D eigenvalue weighted by Crippen LogP contribution is 2.55. The van der Waals surface area contributed by atoms with Gasteiger partial charge in [0.1, 0.15) is 6.26 Å². The molecular weight excluding hydrogens is 368 g/mol. The first kappa shape index (κ1) is 17.5. The molecule has 0 saturated carbocycles. The molecule has 0 aliphatic carbocycles. The minimum absolute atomic E-state index is 0.0398. The average Bonchev–Trinajstić information content (AvgIpc) is 3.38. The van der Waals surface area contributed by atoms with E-state index in [2.05, 4.69) is 33.7 Å². The summed E-state index contributed by atoms with van der Waals surface area (Å²) < 4.78 is 11.6. The molecular formula is C19H26N2O3S2. The molecule has 1 aromatic heterocycles. The fourth-order valence-electron chi connectivity index (χ4n) is 5.30. The fraction of sp³-hybridized carbons (Fsp3) is 0.737. The Morgan fingerprint density at radius 3 is 2.96 bits per heavy atom. The normalized spacial score (nSPS) is 37.6. The molecule has 5 heterocycles. The SMILES string of the molecule is O=C(NC[C@H]1[C@H]2CN(C3CSCCSC3)C[C@]23CC[C@H]1O3)c1ccoc1. The molecule has 142 valence electrons. The van der Waals surface area contributed by atoms with Gasteiger partial charge >= 0.3 is 0 Å². The molecule has 5 rings (SSSR count). The van der Waals surface area contributed by atoms with Crippen molar-refractivity contribution in [2.75, 3.05) is 42.6 Å². The number of carbonyl (C=O) groups excluding carboxylic acids is 1. The molecule has 5 nitrogen and oxygen atoms in total. The summed E-state index contributed by atoms with van der Waals surface area (Å²) in [5.41, 5.74) is 0.654. The van der Waals surface area contributed by atoms with Gasteiger partial charge in [0.05, 0.1) is 23.5 Å². The van der Waals surface area contributed by atoms with Gasteiger partial charge in [0.15, 0.2) is 0 Å². The molecule has 1 amide bonds. The summed E-state index contributed by atoms with van der Waals surface area (Å²) in [6.07, 6.45) is 5.71. The second-order valence-corrected chi connectivity index (χ2v) is 10.3. The van der Waals surface area contributed by atoms with E-state index in [4.69, 9.17) is 9.15 Å². The van der Waals surface area contributed by atoms with E-state index in [1.807, 2.05) is 0 Å². The van der Waals surface area contributed by atoms with Crippen molar-refractivity contribution >= 4 is 29.4 Å². The van der Waals surface area contributed by atoms with Crippen LogP contribution in [0, 0.1) is 11.8 Å². The summed E-state index contributed by atoms with van der Waals surface area (Å²) in [6.45, 7) is 2.93. The summed E-state index contributed by atoms with van der Waals surface area (Å²) in [5, 5.41) is 3.12. The number of nitrogens with one attached hydrogen (secondary N) is 1. The Balaban J connectivity index is 1.25. The molecule has 2 bridgehead atoms. The van der Waals surface area contributed by atoms with Crippen LogP contribution in [0.25, 0.3) is 0 Å². The van der Waals surface area contributed by atoms with Crippen LogP contribution in [0.3, 0.4) is 0 Å². The van der Waals surface area contributed by atoms with Crippen LogP contribution in [0.4, 0.5) is 0 Å². The minimum Gasteiger partial charge on any atom is -0.472 e. The van der Waals surface area contributed by atoms with Gasteiger partial charge in [0, 0.05) is 60.5 Å². The molecule has 26 heavy (non-hydrogen) atoms. The first-order chi connectivity index (χ1) is 12.8. The number of likely N-dealkylation sites (tertiary alicyclic amines) is 1. The van der Waals surface area contributed by atoms with Gasteiger partial charge in [-0.3, -0.25) is 9.69 Å². The lowest BCUT2D eigenvalue weighted by Gasteiger charge is -2.29. The number of carbonyl (C=O) groups is 1. The van der Waals surface area contributed by atoms with Gasteiger partial charge in [0.2, 0.25) is 0 Å². The largest absolute Gasteiger partial charge is 0.472 e. The van der Waals surface area contributed by atoms with Gasteiger partial charge in [-0.2, -0.15) is 23.5 Å². The standard InChI is InChI=1S/C19H26N2O3S2/c22-18(13-2-4-23-9-13)20-7-15-16-8-21(14-10-25-5-6-26-11-14)12-19(16)3-1-17(15)24-19/h2,4,9,14-17H,1,3,5-8,10-12H2,(H,20,22)/t15-,16+,17+,19+/m0/s1. The third-order valence-corrected chi connectivity index (χ3v) is 9.09. The van der Waals surface area contributed by atoms with Crippen LogP contribution in [0.2, 0.25) is 0 Å². The Morgan fingerprint density at radius 2 is 2.19 bits per heavy atom. The van der Waals surface area contributed by atoms with E-state index in [0.29, 0.717) is 36.1 Å². The van der Waals surface area contributed by atoms with Crippen molar-refractivity contribution in [3.63, 3.8) is 0 Å². The highest BCUT2D eigenvalue weighted by Gasteiger charge is 2.63. The first-order valence-corrected chi connectivity index (χ1v) is 11.9. The number of nitrogens with zero attached hydrogens (tertiary/aromatic N) is 1. The number of hydrogen-bond acceptors (Lipinski definition) is 6. The van der Waals surface area contributed by atoms with Crippen LogP contribution >= 0.6 is 23.5 Å². The van der Waals surface area contributed by atoms with Crippen molar-refractivity contribution in [1.29, 1.82) is 0 Å². The summed E-state index contributed by atoms with van der Waals surface area (Å²) in [6, 6.07) is 2.39. The van der Waals surface area contributed by atoms with Crippen LogP contribution in [0.1, 0.15) is 23.2 Å². The van der Waals surface area contributed by atoms with Crippen molar-refractivity contribution in [2.24, 2.45) is 11.8 Å². The number of fused-ring (bicyclic) bond motifs is 1. The summed E-state index contributed by atoms with van der Waals surface area (Å²) >= 11 is 4.20. The molecule has 0 aromatic carbocycles. The maximum atomic E-state index is 12.3. The van der Waals surface area contributed by atoms with Crippen molar-refractivity contribution < 1.29 is 13.9 Å². The van der Waals surface area contributed by atoms with Gasteiger partial charge in [0.25, 0.3) is 5.91 Å². The maximum Gasteiger partial charge on any atom is 0.254 e. The predicted molar refractivity (Wildman–Crippen MR) is 105 cm³/mol. The molecule has 1 spiro atoms. The molecule has 4 aliphatic rings. The molecule has 1 aromatic rings. The van der Waals surface area contributed by atoms with Crippen LogP contribution in [-0.4, -0.2) is 71.2 Å².